The van der Waals surface area contributed by atoms with E-state index in [1.54, 1.807) is 40.5 Å². The van der Waals surface area contributed by atoms with Crippen LogP contribution in [0.2, 0.25) is 0 Å². The summed E-state index contributed by atoms with van der Waals surface area (Å²) in [5.74, 6) is 1.64. The van der Waals surface area contributed by atoms with Gasteiger partial charge in [-0.3, -0.25) is 4.79 Å². The summed E-state index contributed by atoms with van der Waals surface area (Å²) < 4.78 is 10.7. The van der Waals surface area contributed by atoms with Gasteiger partial charge in [0.15, 0.2) is 0 Å². The highest BCUT2D eigenvalue weighted by molar-refractivity contribution is 7.13. The first-order valence-electron chi connectivity index (χ1n) is 8.09. The molecule has 3 aromatic rings. The van der Waals surface area contributed by atoms with Crippen molar-refractivity contribution in [3.8, 4) is 16.5 Å². The van der Waals surface area contributed by atoms with Gasteiger partial charge in [0.1, 0.15) is 12.3 Å². The summed E-state index contributed by atoms with van der Waals surface area (Å²) in [6, 6.07) is 11.0. The Balaban J connectivity index is 1.70. The first kappa shape index (κ1) is 17.2. The normalized spacial score (nSPS) is 10.6. The van der Waals surface area contributed by atoms with Gasteiger partial charge < -0.3 is 14.2 Å². The molecule has 0 bridgehead atoms. The molecule has 6 nitrogen and oxygen atoms in total. The Kier molecular flexibility index (Phi) is 5.45. The molecular weight excluding hydrogens is 338 g/mol. The number of rotatable bonds is 7. The van der Waals surface area contributed by atoms with Gasteiger partial charge in [0.2, 0.25) is 11.7 Å². The minimum absolute atomic E-state index is 0.0820. The molecule has 0 radical (unpaired) electrons. The molecule has 7 heteroatoms. The van der Waals surface area contributed by atoms with Gasteiger partial charge in [0.05, 0.1) is 11.5 Å². The maximum Gasteiger partial charge on any atom is 0.254 e. The van der Waals surface area contributed by atoms with E-state index in [9.17, 15) is 4.79 Å². The van der Waals surface area contributed by atoms with E-state index in [-0.39, 0.29) is 12.5 Å². The Labute approximate surface area is 150 Å². The predicted octanol–water partition coefficient (Wildman–Crippen LogP) is 3.86. The van der Waals surface area contributed by atoms with Gasteiger partial charge in [-0.25, -0.2) is 0 Å². The van der Waals surface area contributed by atoms with Crippen molar-refractivity contribution in [2.45, 2.75) is 20.4 Å². The zero-order valence-corrected chi connectivity index (χ0v) is 15.0. The number of carbonyl (C=O) groups excluding carboxylic acids is 1. The van der Waals surface area contributed by atoms with Gasteiger partial charge in [0.25, 0.3) is 5.91 Å². The summed E-state index contributed by atoms with van der Waals surface area (Å²) >= 11 is 1.55. The van der Waals surface area contributed by atoms with Crippen molar-refractivity contribution in [1.82, 2.24) is 15.0 Å². The van der Waals surface area contributed by atoms with E-state index in [4.69, 9.17) is 9.26 Å². The van der Waals surface area contributed by atoms with Crippen LogP contribution in [-0.2, 0) is 6.54 Å². The van der Waals surface area contributed by atoms with Crippen LogP contribution in [0.25, 0.3) is 10.7 Å². The first-order valence-corrected chi connectivity index (χ1v) is 8.97. The highest BCUT2D eigenvalue weighted by atomic mass is 32.1. The molecule has 0 aliphatic rings. The van der Waals surface area contributed by atoms with Crippen LogP contribution < -0.4 is 4.74 Å². The molecule has 3 rings (SSSR count). The molecule has 0 N–H and O–H groups in total. The van der Waals surface area contributed by atoms with Gasteiger partial charge in [-0.2, -0.15) is 4.98 Å². The van der Waals surface area contributed by atoms with Crippen molar-refractivity contribution in [2.75, 3.05) is 13.2 Å². The Morgan fingerprint density at radius 2 is 2.04 bits per heavy atom. The lowest BCUT2D eigenvalue weighted by Crippen LogP contribution is -2.30. The van der Waals surface area contributed by atoms with Crippen molar-refractivity contribution in [3.05, 3.63) is 53.2 Å². The van der Waals surface area contributed by atoms with E-state index < -0.39 is 0 Å². The lowest BCUT2D eigenvalue weighted by molar-refractivity contribution is 0.0734. The zero-order valence-electron chi connectivity index (χ0n) is 14.1. The van der Waals surface area contributed by atoms with E-state index in [1.165, 1.54) is 0 Å². The standard InChI is InChI=1S/C18H19N3O3S/c1-3-21(18(22)13-7-9-14(10-8-13)23-4-2)12-16-19-17(20-24-16)15-6-5-11-25-15/h5-11H,3-4,12H2,1-2H3. The molecule has 0 saturated heterocycles. The summed E-state index contributed by atoms with van der Waals surface area (Å²) in [6.45, 7) is 5.26. The molecule has 0 aliphatic heterocycles. The van der Waals surface area contributed by atoms with Crippen molar-refractivity contribution in [1.29, 1.82) is 0 Å². The van der Waals surface area contributed by atoms with Crippen LogP contribution in [0.15, 0.2) is 46.3 Å². The van der Waals surface area contributed by atoms with Crippen LogP contribution in [0.1, 0.15) is 30.1 Å². The van der Waals surface area contributed by atoms with E-state index >= 15 is 0 Å². The first-order chi connectivity index (χ1) is 12.2. The summed E-state index contributed by atoms with van der Waals surface area (Å²) in [6.07, 6.45) is 0. The van der Waals surface area contributed by atoms with Crippen molar-refractivity contribution >= 4 is 17.2 Å². The minimum Gasteiger partial charge on any atom is -0.494 e. The molecule has 2 aromatic heterocycles. The third kappa shape index (κ3) is 4.06. The zero-order chi connectivity index (χ0) is 17.6. The molecule has 1 aromatic carbocycles. The number of carbonyl (C=O) groups is 1. The average Bonchev–Trinajstić information content (AvgIpc) is 3.31. The molecule has 2 heterocycles. The Morgan fingerprint density at radius 3 is 2.68 bits per heavy atom. The number of hydrogen-bond acceptors (Lipinski definition) is 6. The Bertz CT molecular complexity index is 812. The third-order valence-electron chi connectivity index (χ3n) is 3.62. The van der Waals surface area contributed by atoms with E-state index in [2.05, 4.69) is 10.1 Å². The van der Waals surface area contributed by atoms with Crippen molar-refractivity contribution in [3.63, 3.8) is 0 Å². The van der Waals surface area contributed by atoms with Gasteiger partial charge >= 0.3 is 0 Å². The fourth-order valence-corrected chi connectivity index (χ4v) is 3.01. The smallest absolute Gasteiger partial charge is 0.254 e. The molecule has 0 saturated carbocycles. The molecule has 0 atom stereocenters. The van der Waals surface area contributed by atoms with Crippen LogP contribution >= 0.6 is 11.3 Å². The van der Waals surface area contributed by atoms with Gasteiger partial charge in [-0.15, -0.1) is 11.3 Å². The number of ether oxygens (including phenoxy) is 1. The lowest BCUT2D eigenvalue weighted by atomic mass is 10.2. The second-order valence-corrected chi connectivity index (χ2v) is 6.21. The summed E-state index contributed by atoms with van der Waals surface area (Å²) in [7, 11) is 0. The Morgan fingerprint density at radius 1 is 1.24 bits per heavy atom. The maximum absolute atomic E-state index is 12.7. The van der Waals surface area contributed by atoms with Gasteiger partial charge in [0, 0.05) is 12.1 Å². The molecule has 0 spiro atoms. The van der Waals surface area contributed by atoms with E-state index in [1.807, 2.05) is 31.4 Å². The fraction of sp³-hybridized carbons (Fsp3) is 0.278. The van der Waals surface area contributed by atoms with E-state index in [0.29, 0.717) is 30.4 Å². The third-order valence-corrected chi connectivity index (χ3v) is 4.48. The summed E-state index contributed by atoms with van der Waals surface area (Å²) in [5, 5.41) is 5.94. The maximum atomic E-state index is 12.7. The SMILES string of the molecule is CCOc1ccc(C(=O)N(CC)Cc2nc(-c3cccs3)no2)cc1. The second kappa shape index (κ2) is 7.94. The van der Waals surface area contributed by atoms with E-state index in [0.717, 1.165) is 10.6 Å². The molecule has 1 amide bonds. The lowest BCUT2D eigenvalue weighted by Gasteiger charge is -2.19. The number of thiophene rings is 1. The number of hydrogen-bond donors (Lipinski definition) is 0. The van der Waals surface area contributed by atoms with Crippen LogP contribution in [0.5, 0.6) is 5.75 Å². The molecular formula is C18H19N3O3S. The summed E-state index contributed by atoms with van der Waals surface area (Å²) in [4.78, 5) is 19.7. The fourth-order valence-electron chi connectivity index (χ4n) is 2.36. The van der Waals surface area contributed by atoms with Crippen LogP contribution in [0.3, 0.4) is 0 Å². The van der Waals surface area contributed by atoms with Crippen LogP contribution in [-0.4, -0.2) is 34.1 Å². The number of benzene rings is 1. The number of nitrogens with zero attached hydrogens (tertiary/aromatic N) is 3. The monoisotopic (exact) mass is 357 g/mol. The Hall–Kier alpha value is -2.67. The largest absolute Gasteiger partial charge is 0.494 e. The van der Waals surface area contributed by atoms with Crippen molar-refractivity contribution in [2.24, 2.45) is 0 Å². The molecule has 0 aliphatic carbocycles. The van der Waals surface area contributed by atoms with Gasteiger partial charge in [-0.1, -0.05) is 11.2 Å². The predicted molar refractivity (Wildman–Crippen MR) is 95.6 cm³/mol. The van der Waals surface area contributed by atoms with Crippen LogP contribution in [0.4, 0.5) is 0 Å². The van der Waals surface area contributed by atoms with Gasteiger partial charge in [-0.05, 0) is 49.6 Å². The molecule has 25 heavy (non-hydrogen) atoms. The highest BCUT2D eigenvalue weighted by Gasteiger charge is 2.18. The molecule has 0 unspecified atom stereocenters. The average molecular weight is 357 g/mol. The molecule has 130 valence electrons. The second-order valence-electron chi connectivity index (χ2n) is 5.27. The topological polar surface area (TPSA) is 68.5 Å². The quantitative estimate of drug-likeness (QED) is 0.642. The van der Waals surface area contributed by atoms with Crippen molar-refractivity contribution < 1.29 is 14.1 Å². The van der Waals surface area contributed by atoms with Crippen LogP contribution in [0, 0.1) is 0 Å². The number of aromatic nitrogens is 2. The highest BCUT2D eigenvalue weighted by Crippen LogP contribution is 2.22. The minimum atomic E-state index is -0.0820. The number of amides is 1. The summed E-state index contributed by atoms with van der Waals surface area (Å²) in [5.41, 5.74) is 0.600. The molecule has 0 fully saturated rings.